The van der Waals surface area contributed by atoms with Crippen molar-refractivity contribution in [3.8, 4) is 5.75 Å². The number of imidazole rings is 1. The van der Waals surface area contributed by atoms with E-state index in [0.29, 0.717) is 57.7 Å². The quantitative estimate of drug-likeness (QED) is 0.397. The van der Waals surface area contributed by atoms with Crippen LogP contribution < -0.4 is 15.4 Å². The van der Waals surface area contributed by atoms with Crippen molar-refractivity contribution in [3.63, 3.8) is 0 Å². The molecule has 2 N–H and O–H groups in total. The van der Waals surface area contributed by atoms with Crippen LogP contribution in [0.1, 0.15) is 53.0 Å². The Morgan fingerprint density at radius 1 is 1.18 bits per heavy atom. The fourth-order valence-electron chi connectivity index (χ4n) is 4.59. The number of alkyl halides is 3. The van der Waals surface area contributed by atoms with Crippen molar-refractivity contribution >= 4 is 34.4 Å². The van der Waals surface area contributed by atoms with E-state index in [1.165, 1.54) is 7.11 Å². The lowest BCUT2D eigenvalue weighted by molar-refractivity contribution is -0.192. The second-order valence-electron chi connectivity index (χ2n) is 10.1. The number of amides is 2. The molecule has 1 heterocycles. The van der Waals surface area contributed by atoms with Gasteiger partial charge in [0, 0.05) is 37.6 Å². The number of methoxy groups -OCH3 is 1. The number of halogens is 4. The molecule has 1 aromatic heterocycles. The van der Waals surface area contributed by atoms with E-state index in [-0.39, 0.29) is 25.3 Å². The van der Waals surface area contributed by atoms with Crippen molar-refractivity contribution in [2.75, 3.05) is 13.7 Å². The number of benzene rings is 2. The van der Waals surface area contributed by atoms with Crippen LogP contribution in [0, 0.1) is 11.3 Å². The molecule has 2 aromatic carbocycles. The summed E-state index contributed by atoms with van der Waals surface area (Å²) in [6.07, 6.45) is -2.33. The van der Waals surface area contributed by atoms with Crippen molar-refractivity contribution < 1.29 is 27.5 Å². The van der Waals surface area contributed by atoms with Gasteiger partial charge in [-0.05, 0) is 54.9 Å². The zero-order valence-corrected chi connectivity index (χ0v) is 21.8. The predicted molar refractivity (Wildman–Crippen MR) is 136 cm³/mol. The molecular weight excluding hydrogens is 521 g/mol. The standard InChI is InChI=1S/C27H28ClF3N4O3/c1-35-21-12-22(38-2)18(24(36)32-13-15-3-4-15)11-20(21)34-23(35)10-17-9-16(5-6-19(17)28)14-33-25(37)26(7-8-26)27(29,30)31/h5-6,9,11-12,15H,3-4,7-8,10,13-14H2,1-2H3,(H,32,36)(H,33,37). The molecule has 0 spiro atoms. The maximum Gasteiger partial charge on any atom is 0.403 e. The molecule has 5 rings (SSSR count). The van der Waals surface area contributed by atoms with Gasteiger partial charge < -0.3 is 19.9 Å². The Morgan fingerprint density at radius 3 is 2.55 bits per heavy atom. The molecule has 0 atom stereocenters. The average Bonchev–Trinajstić information content (AvgIpc) is 3.80. The summed E-state index contributed by atoms with van der Waals surface area (Å²) in [5.74, 6) is 0.462. The summed E-state index contributed by atoms with van der Waals surface area (Å²) in [4.78, 5) is 29.7. The summed E-state index contributed by atoms with van der Waals surface area (Å²) in [7, 11) is 3.36. The zero-order valence-electron chi connectivity index (χ0n) is 21.0. The van der Waals surface area contributed by atoms with Crippen LogP contribution in [0.15, 0.2) is 30.3 Å². The van der Waals surface area contributed by atoms with E-state index in [0.717, 1.165) is 18.4 Å². The molecule has 2 saturated carbocycles. The fourth-order valence-corrected chi connectivity index (χ4v) is 4.77. The van der Waals surface area contributed by atoms with E-state index >= 15 is 0 Å². The summed E-state index contributed by atoms with van der Waals surface area (Å²) < 4.78 is 47.1. The third kappa shape index (κ3) is 5.06. The van der Waals surface area contributed by atoms with Gasteiger partial charge in [-0.2, -0.15) is 13.2 Å². The molecule has 2 fully saturated rings. The highest BCUT2D eigenvalue weighted by Gasteiger charge is 2.68. The Bertz CT molecular complexity index is 1410. The van der Waals surface area contributed by atoms with Crippen molar-refractivity contribution in [2.24, 2.45) is 18.4 Å². The van der Waals surface area contributed by atoms with E-state index < -0.39 is 17.5 Å². The third-order valence-corrected chi connectivity index (χ3v) is 7.80. The molecule has 7 nitrogen and oxygen atoms in total. The first-order chi connectivity index (χ1) is 18.0. The maximum absolute atomic E-state index is 13.2. The topological polar surface area (TPSA) is 85.2 Å². The van der Waals surface area contributed by atoms with Crippen molar-refractivity contribution in [1.82, 2.24) is 20.2 Å². The van der Waals surface area contributed by atoms with Crippen LogP contribution in [0.5, 0.6) is 5.75 Å². The Kier molecular flexibility index (Phi) is 6.79. The SMILES string of the molecule is COc1cc2c(cc1C(=O)NCC1CC1)nc(Cc1cc(CNC(=O)C3(C(F)(F)F)CC3)ccc1Cl)n2C. The first-order valence-corrected chi connectivity index (χ1v) is 12.8. The van der Waals surface area contributed by atoms with Crippen LogP contribution >= 0.6 is 11.6 Å². The van der Waals surface area contributed by atoms with E-state index in [9.17, 15) is 22.8 Å². The molecule has 11 heteroatoms. The summed E-state index contributed by atoms with van der Waals surface area (Å²) in [5, 5.41) is 5.85. The van der Waals surface area contributed by atoms with Gasteiger partial charge in [-0.15, -0.1) is 0 Å². The molecule has 3 aromatic rings. The van der Waals surface area contributed by atoms with Crippen molar-refractivity contribution in [3.05, 3.63) is 57.9 Å². The molecule has 2 aliphatic rings. The summed E-state index contributed by atoms with van der Waals surface area (Å²) >= 11 is 6.44. The van der Waals surface area contributed by atoms with Gasteiger partial charge in [0.25, 0.3) is 5.91 Å². The Hall–Kier alpha value is -3.27. The van der Waals surface area contributed by atoms with Crippen molar-refractivity contribution in [2.45, 2.75) is 44.8 Å². The van der Waals surface area contributed by atoms with Crippen LogP contribution in [-0.4, -0.2) is 41.2 Å². The van der Waals surface area contributed by atoms with Gasteiger partial charge >= 0.3 is 6.18 Å². The van der Waals surface area contributed by atoms with Crippen molar-refractivity contribution in [1.29, 1.82) is 0 Å². The highest BCUT2D eigenvalue weighted by molar-refractivity contribution is 6.31. The number of hydrogen-bond donors (Lipinski definition) is 2. The minimum Gasteiger partial charge on any atom is -0.496 e. The Balaban J connectivity index is 1.34. The fraction of sp³-hybridized carbons (Fsp3) is 0.444. The molecule has 2 aliphatic carbocycles. The van der Waals surface area contributed by atoms with Gasteiger partial charge in [0.15, 0.2) is 0 Å². The van der Waals surface area contributed by atoms with Crippen LogP contribution in [-0.2, 0) is 24.8 Å². The normalized spacial score (nSPS) is 16.4. The average molecular weight is 549 g/mol. The van der Waals surface area contributed by atoms with E-state index in [1.54, 1.807) is 30.3 Å². The van der Waals surface area contributed by atoms with E-state index in [2.05, 4.69) is 10.6 Å². The number of fused-ring (bicyclic) bond motifs is 1. The summed E-state index contributed by atoms with van der Waals surface area (Å²) in [6, 6.07) is 8.57. The number of aryl methyl sites for hydroxylation is 1. The first-order valence-electron chi connectivity index (χ1n) is 12.5. The summed E-state index contributed by atoms with van der Waals surface area (Å²) in [5.41, 5.74) is 0.893. The van der Waals surface area contributed by atoms with E-state index in [4.69, 9.17) is 21.3 Å². The van der Waals surface area contributed by atoms with Gasteiger partial charge in [0.1, 0.15) is 17.0 Å². The number of carbonyl (C=O) groups is 2. The Labute approximate surface area is 222 Å². The summed E-state index contributed by atoms with van der Waals surface area (Å²) in [6.45, 7) is 0.597. The lowest BCUT2D eigenvalue weighted by Gasteiger charge is -2.18. The molecular formula is C27H28ClF3N4O3. The van der Waals surface area contributed by atoms with Gasteiger partial charge in [-0.25, -0.2) is 4.98 Å². The Morgan fingerprint density at radius 2 is 1.92 bits per heavy atom. The molecule has 0 saturated heterocycles. The molecule has 2 amide bonds. The minimum atomic E-state index is -4.55. The number of carbonyl (C=O) groups excluding carboxylic acids is 2. The van der Waals surface area contributed by atoms with Gasteiger partial charge in [0.05, 0.1) is 23.7 Å². The van der Waals surface area contributed by atoms with Crippen LogP contribution in [0.4, 0.5) is 13.2 Å². The van der Waals surface area contributed by atoms with Crippen LogP contribution in [0.3, 0.4) is 0 Å². The lowest BCUT2D eigenvalue weighted by Crippen LogP contribution is -2.40. The van der Waals surface area contributed by atoms with Gasteiger partial charge in [-0.1, -0.05) is 23.7 Å². The predicted octanol–water partition coefficient (Wildman–Crippen LogP) is 4.92. The first kappa shape index (κ1) is 26.3. The molecule has 0 unspecified atom stereocenters. The second kappa shape index (κ2) is 9.80. The number of ether oxygens (including phenoxy) is 1. The highest BCUT2D eigenvalue weighted by Crippen LogP contribution is 2.57. The van der Waals surface area contributed by atoms with Gasteiger partial charge in [-0.3, -0.25) is 9.59 Å². The second-order valence-corrected chi connectivity index (χ2v) is 10.6. The maximum atomic E-state index is 13.2. The molecule has 0 radical (unpaired) electrons. The zero-order chi connectivity index (χ0) is 27.2. The van der Waals surface area contributed by atoms with Gasteiger partial charge in [0.2, 0.25) is 5.91 Å². The molecule has 38 heavy (non-hydrogen) atoms. The number of nitrogens with one attached hydrogen (secondary N) is 2. The molecule has 0 aliphatic heterocycles. The highest BCUT2D eigenvalue weighted by atomic mass is 35.5. The number of hydrogen-bond acceptors (Lipinski definition) is 4. The van der Waals surface area contributed by atoms with Crippen LogP contribution in [0.25, 0.3) is 11.0 Å². The minimum absolute atomic E-state index is 0.0418. The number of nitrogens with zero attached hydrogens (tertiary/aromatic N) is 2. The monoisotopic (exact) mass is 548 g/mol. The molecule has 202 valence electrons. The number of rotatable bonds is 9. The van der Waals surface area contributed by atoms with Crippen LogP contribution in [0.2, 0.25) is 5.02 Å². The largest absolute Gasteiger partial charge is 0.496 e. The molecule has 0 bridgehead atoms. The van der Waals surface area contributed by atoms with E-state index in [1.807, 2.05) is 11.6 Å². The lowest BCUT2D eigenvalue weighted by atomic mass is 10.0. The smallest absolute Gasteiger partial charge is 0.403 e. The third-order valence-electron chi connectivity index (χ3n) is 7.43. The number of aromatic nitrogens is 2.